The number of rotatable bonds is 4. The normalized spacial score (nSPS) is 12.8. The Morgan fingerprint density at radius 1 is 1.11 bits per heavy atom. The number of aromatic carboxylic acids is 1. The van der Waals surface area contributed by atoms with Gasteiger partial charge >= 0.3 is 5.97 Å². The smallest absolute Gasteiger partial charge is 0.339 e. The molecular formula is C15H11O4-. The van der Waals surface area contributed by atoms with Crippen LogP contribution in [0.4, 0.5) is 0 Å². The molecule has 0 atom stereocenters. The summed E-state index contributed by atoms with van der Waals surface area (Å²) in [5, 5.41) is 11.2. The van der Waals surface area contributed by atoms with Crippen molar-refractivity contribution in [1.82, 2.24) is 0 Å². The van der Waals surface area contributed by atoms with Gasteiger partial charge in [0.1, 0.15) is 6.61 Å². The van der Waals surface area contributed by atoms with Crippen molar-refractivity contribution < 1.29 is 24.9 Å². The number of carbonyl (C=O) groups is 2. The monoisotopic (exact) mass is 259 g/mol. The zero-order chi connectivity index (χ0) is 17.1. The van der Waals surface area contributed by atoms with Crippen LogP contribution in [0.25, 0.3) is 0 Å². The van der Waals surface area contributed by atoms with Gasteiger partial charge in [0.2, 0.25) is 0 Å². The van der Waals surface area contributed by atoms with E-state index in [2.05, 4.69) is 0 Å². The van der Waals surface area contributed by atoms with Gasteiger partial charge in [0.05, 0.1) is 17.0 Å². The molecule has 2 aromatic rings. The first kappa shape index (κ1) is 8.48. The highest BCUT2D eigenvalue weighted by Gasteiger charge is 2.12. The highest BCUT2D eigenvalue weighted by Crippen LogP contribution is 2.11. The molecule has 19 heavy (non-hydrogen) atoms. The summed E-state index contributed by atoms with van der Waals surface area (Å²) in [5.41, 5.74) is -1.00. The van der Waals surface area contributed by atoms with Crippen LogP contribution in [0.1, 0.15) is 31.8 Å². The molecule has 0 aromatic heterocycles. The van der Waals surface area contributed by atoms with Crippen molar-refractivity contribution in [2.45, 2.75) is 6.61 Å². The summed E-state index contributed by atoms with van der Waals surface area (Å²) < 4.78 is 35.2. The summed E-state index contributed by atoms with van der Waals surface area (Å²) in [5.74, 6) is -3.02. The first-order valence-electron chi connectivity index (χ1n) is 7.37. The van der Waals surface area contributed by atoms with Gasteiger partial charge in [-0.1, -0.05) is 48.5 Å². The fourth-order valence-corrected chi connectivity index (χ4v) is 1.41. The maximum Gasteiger partial charge on any atom is 0.339 e. The van der Waals surface area contributed by atoms with Gasteiger partial charge in [-0.25, -0.2) is 4.79 Å². The Kier molecular flexibility index (Phi) is 2.60. The zero-order valence-electron chi connectivity index (χ0n) is 13.7. The maximum atomic E-state index is 12.1. The summed E-state index contributed by atoms with van der Waals surface area (Å²) >= 11 is 0. The molecular weight excluding hydrogens is 244 g/mol. The van der Waals surface area contributed by atoms with Crippen LogP contribution < -0.4 is 5.11 Å². The van der Waals surface area contributed by atoms with Crippen LogP contribution in [0.5, 0.6) is 0 Å². The third-order valence-electron chi connectivity index (χ3n) is 2.31. The number of carboxylic acid groups (broad SMARTS) is 1. The first-order chi connectivity index (χ1) is 10.8. The second-order valence-electron chi connectivity index (χ2n) is 3.60. The third-order valence-corrected chi connectivity index (χ3v) is 2.31. The highest BCUT2D eigenvalue weighted by atomic mass is 16.5. The molecule has 0 heterocycles. The fourth-order valence-electron chi connectivity index (χ4n) is 1.41. The van der Waals surface area contributed by atoms with Crippen LogP contribution in [-0.2, 0) is 11.3 Å². The van der Waals surface area contributed by atoms with E-state index in [9.17, 15) is 14.7 Å². The minimum atomic E-state index is -1.87. The van der Waals surface area contributed by atoms with Crippen molar-refractivity contribution in [1.29, 1.82) is 0 Å². The van der Waals surface area contributed by atoms with Gasteiger partial charge in [0.15, 0.2) is 0 Å². The van der Waals surface area contributed by atoms with E-state index in [-0.39, 0.29) is 6.61 Å². The lowest BCUT2D eigenvalue weighted by atomic mass is 10.1. The molecule has 0 bridgehead atoms. The van der Waals surface area contributed by atoms with Crippen molar-refractivity contribution in [3.63, 3.8) is 0 Å². The quantitative estimate of drug-likeness (QED) is 0.778. The Bertz CT molecular complexity index is 775. The summed E-state index contributed by atoms with van der Waals surface area (Å²) in [6.07, 6.45) is 0. The number of benzene rings is 2. The molecule has 96 valence electrons. The number of carboxylic acids is 1. The molecule has 0 spiro atoms. The lowest BCUT2D eigenvalue weighted by Gasteiger charge is -2.10. The predicted octanol–water partition coefficient (Wildman–Crippen LogP) is 1.41. The largest absolute Gasteiger partial charge is 0.545 e. The first-order valence-corrected chi connectivity index (χ1v) is 5.37. The van der Waals surface area contributed by atoms with Crippen LogP contribution >= 0.6 is 0 Å². The molecule has 0 unspecified atom stereocenters. The third kappa shape index (κ3) is 3.19. The number of ether oxygens (including phenoxy) is 1. The van der Waals surface area contributed by atoms with Crippen molar-refractivity contribution in [2.75, 3.05) is 0 Å². The van der Waals surface area contributed by atoms with E-state index in [1.807, 2.05) is 0 Å². The number of carbonyl (C=O) groups excluding carboxylic acids is 2. The molecule has 4 nitrogen and oxygen atoms in total. The van der Waals surface area contributed by atoms with Crippen LogP contribution in [-0.4, -0.2) is 11.9 Å². The standard InChI is InChI=1S/C15H12O4/c16-14(17)12-8-4-5-9-13(12)15(18)19-10-11-6-2-1-3-7-11/h1-9H,10H2,(H,16,17)/p-1/i4D,5D,8D,9D. The summed E-state index contributed by atoms with van der Waals surface area (Å²) in [6, 6.07) is 5.50. The van der Waals surface area contributed by atoms with Crippen molar-refractivity contribution in [3.05, 3.63) is 71.2 Å². The Balaban J connectivity index is 2.41. The molecule has 0 fully saturated rings. The minimum absolute atomic E-state index is 0.158. The van der Waals surface area contributed by atoms with Gasteiger partial charge in [-0.15, -0.1) is 0 Å². The molecule has 0 radical (unpaired) electrons. The van der Waals surface area contributed by atoms with E-state index < -0.39 is 47.2 Å². The van der Waals surface area contributed by atoms with Crippen LogP contribution in [0.2, 0.25) is 0 Å². The van der Waals surface area contributed by atoms with E-state index >= 15 is 0 Å². The lowest BCUT2D eigenvalue weighted by molar-refractivity contribution is -0.255. The molecule has 0 saturated heterocycles. The Morgan fingerprint density at radius 2 is 1.74 bits per heavy atom. The zero-order valence-corrected chi connectivity index (χ0v) is 9.73. The average Bonchev–Trinajstić information content (AvgIpc) is 2.54. The molecule has 0 aliphatic heterocycles. The second-order valence-corrected chi connectivity index (χ2v) is 3.60. The average molecular weight is 259 g/mol. The lowest BCUT2D eigenvalue weighted by Crippen LogP contribution is -2.25. The van der Waals surface area contributed by atoms with Crippen molar-refractivity contribution in [3.8, 4) is 0 Å². The molecule has 0 aliphatic rings. The van der Waals surface area contributed by atoms with E-state index in [1.165, 1.54) is 0 Å². The van der Waals surface area contributed by atoms with Crippen LogP contribution in [0, 0.1) is 0 Å². The van der Waals surface area contributed by atoms with Crippen molar-refractivity contribution >= 4 is 11.9 Å². The predicted molar refractivity (Wildman–Crippen MR) is 66.3 cm³/mol. The summed E-state index contributed by atoms with van der Waals surface area (Å²) in [6.45, 7) is -0.158. The molecule has 0 amide bonds. The maximum absolute atomic E-state index is 12.1. The number of hydrogen-bond acceptors (Lipinski definition) is 4. The SMILES string of the molecule is [2H]c1c([2H])c([2H])c(C(=O)OCc2ccccc2)c(C(=O)[O-])c1[2H]. The van der Waals surface area contributed by atoms with E-state index in [0.717, 1.165) is 0 Å². The summed E-state index contributed by atoms with van der Waals surface area (Å²) in [7, 11) is 0. The molecule has 0 saturated carbocycles. The number of hydrogen-bond donors (Lipinski definition) is 0. The van der Waals surface area contributed by atoms with E-state index in [4.69, 9.17) is 10.2 Å². The van der Waals surface area contributed by atoms with Crippen LogP contribution in [0.3, 0.4) is 0 Å². The molecule has 0 aliphatic carbocycles. The molecule has 0 N–H and O–H groups in total. The van der Waals surface area contributed by atoms with E-state index in [0.29, 0.717) is 5.56 Å². The Labute approximate surface area is 115 Å². The summed E-state index contributed by atoms with van der Waals surface area (Å²) in [4.78, 5) is 23.3. The fraction of sp³-hybridized carbons (Fsp3) is 0.0667. The van der Waals surface area contributed by atoms with Gasteiger partial charge in [-0.2, -0.15) is 0 Å². The minimum Gasteiger partial charge on any atom is -0.545 e. The number of esters is 1. The topological polar surface area (TPSA) is 66.4 Å². The van der Waals surface area contributed by atoms with E-state index in [1.54, 1.807) is 30.3 Å². The molecule has 2 aromatic carbocycles. The van der Waals surface area contributed by atoms with Gasteiger partial charge in [0, 0.05) is 5.56 Å². The van der Waals surface area contributed by atoms with Gasteiger partial charge in [-0.05, 0) is 11.6 Å². The Morgan fingerprint density at radius 3 is 2.37 bits per heavy atom. The van der Waals surface area contributed by atoms with Crippen LogP contribution in [0.15, 0.2) is 54.5 Å². The molecule has 4 heteroatoms. The van der Waals surface area contributed by atoms with Crippen molar-refractivity contribution in [2.24, 2.45) is 0 Å². The molecule has 2 rings (SSSR count). The van der Waals surface area contributed by atoms with Gasteiger partial charge < -0.3 is 14.6 Å². The van der Waals surface area contributed by atoms with Gasteiger partial charge in [0.25, 0.3) is 0 Å². The highest BCUT2D eigenvalue weighted by molar-refractivity contribution is 6.01. The second kappa shape index (κ2) is 5.82. The van der Waals surface area contributed by atoms with Gasteiger partial charge in [-0.3, -0.25) is 0 Å². The Hall–Kier alpha value is -2.62.